The van der Waals surface area contributed by atoms with Crippen molar-refractivity contribution in [3.05, 3.63) is 94.8 Å². The molecule has 1 aliphatic rings. The number of benzene rings is 2. The summed E-state index contributed by atoms with van der Waals surface area (Å²) in [6, 6.07) is 22.6. The van der Waals surface area contributed by atoms with Crippen molar-refractivity contribution >= 4 is 17.6 Å². The summed E-state index contributed by atoms with van der Waals surface area (Å²) in [6.45, 7) is 7.24. The van der Waals surface area contributed by atoms with Gasteiger partial charge in [0.2, 0.25) is 5.96 Å². The number of aromatic nitrogens is 1. The van der Waals surface area contributed by atoms with Gasteiger partial charge in [-0.05, 0) is 113 Å². The molecule has 1 saturated heterocycles. The molecule has 1 aromatic heterocycles. The zero-order valence-electron chi connectivity index (χ0n) is 26.6. The monoisotopic (exact) mass is 629 g/mol. The van der Waals surface area contributed by atoms with Gasteiger partial charge in [0.15, 0.2) is 6.19 Å². The molecule has 0 saturated carbocycles. The summed E-state index contributed by atoms with van der Waals surface area (Å²) in [5.74, 6) is 1.66. The highest BCUT2D eigenvalue weighted by Crippen LogP contribution is 2.28. The fourth-order valence-electron chi connectivity index (χ4n) is 5.68. The molecule has 0 aliphatic carbocycles. The smallest absolute Gasteiger partial charge is 0.204 e. The maximum absolute atomic E-state index is 9.16. The minimum absolute atomic E-state index is 0.225. The van der Waals surface area contributed by atoms with Crippen molar-refractivity contribution in [2.75, 3.05) is 52.9 Å². The van der Waals surface area contributed by atoms with E-state index in [9.17, 15) is 0 Å². The van der Waals surface area contributed by atoms with Gasteiger partial charge in [0, 0.05) is 48.9 Å². The number of rotatable bonds is 17. The second-order valence-electron chi connectivity index (χ2n) is 11.7. The van der Waals surface area contributed by atoms with Crippen molar-refractivity contribution < 1.29 is 4.74 Å². The van der Waals surface area contributed by atoms with E-state index in [0.717, 1.165) is 68.3 Å². The molecule has 1 unspecified atom stereocenters. The second-order valence-corrected chi connectivity index (χ2v) is 12.2. The fourth-order valence-corrected chi connectivity index (χ4v) is 5.81. The molecule has 2 aromatic carbocycles. The summed E-state index contributed by atoms with van der Waals surface area (Å²) < 4.78 is 6.00. The third-order valence-electron chi connectivity index (χ3n) is 8.14. The summed E-state index contributed by atoms with van der Waals surface area (Å²) in [7, 11) is 2.17. The van der Waals surface area contributed by atoms with Crippen LogP contribution >= 0.6 is 11.6 Å². The quantitative estimate of drug-likeness (QED) is 0.0584. The lowest BCUT2D eigenvalue weighted by molar-refractivity contribution is 0.220. The van der Waals surface area contributed by atoms with Crippen LogP contribution in [0.3, 0.4) is 0 Å². The van der Waals surface area contributed by atoms with Gasteiger partial charge in [-0.25, -0.2) is 0 Å². The van der Waals surface area contributed by atoms with Crippen LogP contribution in [0.2, 0.25) is 5.02 Å². The van der Waals surface area contributed by atoms with Gasteiger partial charge in [-0.3, -0.25) is 20.2 Å². The Labute approximate surface area is 274 Å². The van der Waals surface area contributed by atoms with Gasteiger partial charge in [0.05, 0.1) is 6.61 Å². The predicted octanol–water partition coefficient (Wildman–Crippen LogP) is 6.44. The Bertz CT molecular complexity index is 1320. The first-order valence-electron chi connectivity index (χ1n) is 16.3. The molecule has 1 aliphatic heterocycles. The minimum Gasteiger partial charge on any atom is -0.494 e. The van der Waals surface area contributed by atoms with E-state index in [-0.39, 0.29) is 5.92 Å². The maximum atomic E-state index is 9.16. The molecule has 3 aromatic rings. The van der Waals surface area contributed by atoms with Gasteiger partial charge in [-0.1, -0.05) is 48.4 Å². The van der Waals surface area contributed by atoms with Crippen molar-refractivity contribution in [1.82, 2.24) is 25.4 Å². The van der Waals surface area contributed by atoms with Gasteiger partial charge >= 0.3 is 0 Å². The Morgan fingerprint density at radius 1 is 1.04 bits per heavy atom. The first-order valence-corrected chi connectivity index (χ1v) is 16.7. The number of nitrogens with one attached hydrogen (secondary N) is 2. The van der Waals surface area contributed by atoms with Gasteiger partial charge in [-0.15, -0.1) is 0 Å². The van der Waals surface area contributed by atoms with E-state index in [0.29, 0.717) is 19.1 Å². The van der Waals surface area contributed by atoms with Crippen molar-refractivity contribution in [1.29, 1.82) is 5.26 Å². The SMILES string of the molecule is CN(CCCCNC(=NCCCOc1cccc(CN2CCCCC2)c1)NC#N)CCC(c1ccc(Cl)cc1)c1ccccn1. The number of nitrogens with zero attached hydrogens (tertiary/aromatic N) is 5. The molecule has 0 spiro atoms. The molecular weight excluding hydrogens is 582 g/mol. The number of hydrogen-bond donors (Lipinski definition) is 2. The number of nitriles is 1. The first kappa shape index (κ1) is 34.2. The Balaban J connectivity index is 1.11. The minimum atomic E-state index is 0.225. The molecule has 2 N–H and O–H groups in total. The zero-order chi connectivity index (χ0) is 31.5. The summed E-state index contributed by atoms with van der Waals surface area (Å²) >= 11 is 6.13. The fraction of sp³-hybridized carbons (Fsp3) is 0.472. The summed E-state index contributed by atoms with van der Waals surface area (Å²) in [5, 5.41) is 15.9. The third-order valence-corrected chi connectivity index (χ3v) is 8.40. The number of piperidine rings is 1. The lowest BCUT2D eigenvalue weighted by Crippen LogP contribution is -2.35. The van der Waals surface area contributed by atoms with Crippen LogP contribution in [0.5, 0.6) is 5.75 Å². The van der Waals surface area contributed by atoms with E-state index < -0.39 is 0 Å². The topological polar surface area (TPSA) is 88.8 Å². The van der Waals surface area contributed by atoms with Crippen molar-refractivity contribution in [3.8, 4) is 11.9 Å². The maximum Gasteiger partial charge on any atom is 0.204 e. The number of guanidine groups is 1. The average Bonchev–Trinajstić information content (AvgIpc) is 3.06. The number of ether oxygens (including phenoxy) is 1. The van der Waals surface area contributed by atoms with Crippen molar-refractivity contribution in [2.45, 2.75) is 57.4 Å². The third kappa shape index (κ3) is 12.7. The summed E-state index contributed by atoms with van der Waals surface area (Å²) in [5.41, 5.74) is 3.62. The number of pyridine rings is 1. The van der Waals surface area contributed by atoms with Crippen LogP contribution in [0.25, 0.3) is 0 Å². The van der Waals surface area contributed by atoms with Crippen LogP contribution in [0.15, 0.2) is 77.9 Å². The number of hydrogen-bond acceptors (Lipinski definition) is 6. The van der Waals surface area contributed by atoms with Gasteiger partial charge in [-0.2, -0.15) is 5.26 Å². The Kier molecular flexibility index (Phi) is 15.0. The Hall–Kier alpha value is -3.64. The van der Waals surface area contributed by atoms with Gasteiger partial charge in [0.25, 0.3) is 0 Å². The van der Waals surface area contributed by atoms with Gasteiger partial charge < -0.3 is 15.0 Å². The molecule has 9 heteroatoms. The molecule has 0 bridgehead atoms. The van der Waals surface area contributed by atoms with E-state index in [1.54, 1.807) is 0 Å². The van der Waals surface area contributed by atoms with Crippen molar-refractivity contribution in [3.63, 3.8) is 0 Å². The molecule has 0 amide bonds. The molecule has 8 nitrogen and oxygen atoms in total. The van der Waals surface area contributed by atoms with E-state index >= 15 is 0 Å². The number of aliphatic imine (C=N–C) groups is 1. The highest BCUT2D eigenvalue weighted by molar-refractivity contribution is 6.30. The first-order chi connectivity index (χ1) is 22.1. The normalized spacial score (nSPS) is 14.6. The van der Waals surface area contributed by atoms with E-state index in [4.69, 9.17) is 21.6 Å². The highest BCUT2D eigenvalue weighted by atomic mass is 35.5. The molecule has 45 heavy (non-hydrogen) atoms. The summed E-state index contributed by atoms with van der Waals surface area (Å²) in [4.78, 5) is 14.1. The Morgan fingerprint density at radius 2 is 1.89 bits per heavy atom. The van der Waals surface area contributed by atoms with Crippen LogP contribution in [-0.2, 0) is 6.54 Å². The number of unbranched alkanes of at least 4 members (excludes halogenated alkanes) is 1. The lowest BCUT2D eigenvalue weighted by Gasteiger charge is -2.26. The zero-order valence-corrected chi connectivity index (χ0v) is 27.4. The van der Waals surface area contributed by atoms with E-state index in [2.05, 4.69) is 73.9 Å². The van der Waals surface area contributed by atoms with E-state index in [1.165, 1.54) is 43.5 Å². The average molecular weight is 630 g/mol. The van der Waals surface area contributed by atoms with E-state index in [1.807, 2.05) is 42.7 Å². The molecule has 240 valence electrons. The summed E-state index contributed by atoms with van der Waals surface area (Å²) in [6.07, 6.45) is 11.6. The van der Waals surface area contributed by atoms with Crippen LogP contribution in [-0.4, -0.2) is 73.7 Å². The van der Waals surface area contributed by atoms with Crippen LogP contribution in [0.1, 0.15) is 67.7 Å². The molecule has 1 fully saturated rings. The molecular formula is C36H48ClN7O. The highest BCUT2D eigenvalue weighted by Gasteiger charge is 2.16. The number of likely N-dealkylation sites (tertiary alicyclic amines) is 1. The van der Waals surface area contributed by atoms with Gasteiger partial charge in [0.1, 0.15) is 5.75 Å². The molecule has 0 radical (unpaired) electrons. The Morgan fingerprint density at radius 3 is 2.67 bits per heavy atom. The predicted molar refractivity (Wildman–Crippen MR) is 184 cm³/mol. The van der Waals surface area contributed by atoms with Crippen molar-refractivity contribution in [2.24, 2.45) is 4.99 Å². The molecule has 4 rings (SSSR count). The largest absolute Gasteiger partial charge is 0.494 e. The second kappa shape index (κ2) is 19.7. The molecule has 2 heterocycles. The number of halogens is 1. The van der Waals surface area contributed by atoms with Crippen LogP contribution in [0, 0.1) is 11.5 Å². The van der Waals surface area contributed by atoms with Crippen LogP contribution < -0.4 is 15.4 Å². The van der Waals surface area contributed by atoms with Crippen LogP contribution in [0.4, 0.5) is 0 Å². The lowest BCUT2D eigenvalue weighted by atomic mass is 9.92. The molecule has 1 atom stereocenters. The standard InChI is InChI=1S/C36H48ClN7O/c1-43(25-18-34(35-13-3-4-19-39-35)31-14-16-32(37)17-15-31)22-8-5-20-40-36(42-29-38)41-21-10-26-45-33-12-9-11-30(27-33)28-44-23-6-2-7-24-44/h3-4,9,11-17,19,27,34H,2,5-8,10,18,20-26,28H2,1H3,(H2,40,41,42).